The lowest BCUT2D eigenvalue weighted by Gasteiger charge is -2.39. The van der Waals surface area contributed by atoms with Gasteiger partial charge >= 0.3 is 0 Å². The summed E-state index contributed by atoms with van der Waals surface area (Å²) in [6, 6.07) is 3.55. The van der Waals surface area contributed by atoms with Crippen LogP contribution in [0.5, 0.6) is 0 Å². The molecular weight excluding hydrogens is 262 g/mol. The second kappa shape index (κ2) is 5.87. The van der Waals surface area contributed by atoms with Gasteiger partial charge < -0.3 is 11.1 Å². The Labute approximate surface area is 117 Å². The van der Waals surface area contributed by atoms with Crippen molar-refractivity contribution in [2.24, 2.45) is 17.6 Å². The van der Waals surface area contributed by atoms with Gasteiger partial charge in [-0.1, -0.05) is 13.0 Å². The highest BCUT2D eigenvalue weighted by molar-refractivity contribution is 5.78. The largest absolute Gasteiger partial charge is 0.369 e. The van der Waals surface area contributed by atoms with E-state index in [0.29, 0.717) is 12.0 Å². The normalized spacial score (nSPS) is 30.2. The maximum absolute atomic E-state index is 13.7. The van der Waals surface area contributed by atoms with Crippen LogP contribution >= 0.6 is 0 Å². The predicted molar refractivity (Wildman–Crippen MR) is 72.9 cm³/mol. The van der Waals surface area contributed by atoms with Gasteiger partial charge in [0.15, 0.2) is 0 Å². The van der Waals surface area contributed by atoms with Gasteiger partial charge in [-0.25, -0.2) is 8.78 Å². The van der Waals surface area contributed by atoms with Crippen molar-refractivity contribution in [1.82, 2.24) is 5.32 Å². The Morgan fingerprint density at radius 1 is 1.40 bits per heavy atom. The molecule has 3 N–H and O–H groups in total. The van der Waals surface area contributed by atoms with Crippen LogP contribution < -0.4 is 11.1 Å². The molecule has 110 valence electrons. The summed E-state index contributed by atoms with van der Waals surface area (Å²) in [4.78, 5) is 11.6. The number of piperidine rings is 1. The van der Waals surface area contributed by atoms with E-state index >= 15 is 0 Å². The van der Waals surface area contributed by atoms with E-state index in [1.54, 1.807) is 0 Å². The highest BCUT2D eigenvalue weighted by Gasteiger charge is 2.37. The first kappa shape index (κ1) is 14.9. The first-order valence-corrected chi connectivity index (χ1v) is 6.87. The lowest BCUT2D eigenvalue weighted by molar-refractivity contribution is -0.125. The van der Waals surface area contributed by atoms with Gasteiger partial charge in [-0.05, 0) is 37.3 Å². The first-order valence-electron chi connectivity index (χ1n) is 6.87. The van der Waals surface area contributed by atoms with Gasteiger partial charge in [0.2, 0.25) is 5.91 Å². The summed E-state index contributed by atoms with van der Waals surface area (Å²) in [6.07, 6.45) is 1.18. The fraction of sp³-hybridized carbons (Fsp3) is 0.533. The lowest BCUT2D eigenvalue weighted by Crippen LogP contribution is -2.55. The average molecular weight is 282 g/mol. The molecule has 1 aromatic rings. The van der Waals surface area contributed by atoms with E-state index in [0.717, 1.165) is 12.5 Å². The topological polar surface area (TPSA) is 55.1 Å². The van der Waals surface area contributed by atoms with Crippen LogP contribution in [0.2, 0.25) is 0 Å². The Balaban J connectivity index is 2.22. The summed E-state index contributed by atoms with van der Waals surface area (Å²) in [5.41, 5.74) is 5.88. The highest BCUT2D eigenvalue weighted by Crippen LogP contribution is 2.28. The summed E-state index contributed by atoms with van der Waals surface area (Å²) in [6.45, 7) is 4.02. The molecule has 0 bridgehead atoms. The number of hydrogen-bond acceptors (Lipinski definition) is 2. The number of hydrogen-bond donors (Lipinski definition) is 2. The Morgan fingerprint density at radius 3 is 2.70 bits per heavy atom. The number of amides is 1. The molecule has 1 aliphatic rings. The highest BCUT2D eigenvalue weighted by atomic mass is 19.1. The second-order valence-corrected chi connectivity index (χ2v) is 5.76. The standard InChI is InChI=1S/C15H20F2N2O/c1-8-5-9(2)19-13(14(8)15(18)20)6-10-3-4-11(16)7-12(10)17/h3-4,7-9,13-14,19H,5-6H2,1-2H3,(H2,18,20). The number of nitrogens with two attached hydrogens (primary N) is 1. The maximum atomic E-state index is 13.7. The van der Waals surface area contributed by atoms with Gasteiger partial charge in [-0.2, -0.15) is 0 Å². The van der Waals surface area contributed by atoms with Gasteiger partial charge in [0.05, 0.1) is 5.92 Å². The Morgan fingerprint density at radius 2 is 2.10 bits per heavy atom. The number of nitrogens with one attached hydrogen (secondary N) is 1. The predicted octanol–water partition coefficient (Wildman–Crippen LogP) is 2.00. The van der Waals surface area contributed by atoms with Crippen LogP contribution in [0, 0.1) is 23.5 Å². The molecule has 5 heteroatoms. The van der Waals surface area contributed by atoms with Crippen LogP contribution in [0.1, 0.15) is 25.8 Å². The molecule has 4 atom stereocenters. The van der Waals surface area contributed by atoms with Crippen molar-refractivity contribution in [3.8, 4) is 0 Å². The van der Waals surface area contributed by atoms with Crippen molar-refractivity contribution in [2.75, 3.05) is 0 Å². The van der Waals surface area contributed by atoms with Crippen molar-refractivity contribution < 1.29 is 13.6 Å². The van der Waals surface area contributed by atoms with Crippen molar-refractivity contribution in [3.63, 3.8) is 0 Å². The summed E-state index contributed by atoms with van der Waals surface area (Å²) >= 11 is 0. The Hall–Kier alpha value is -1.49. The Bertz CT molecular complexity index is 507. The lowest BCUT2D eigenvalue weighted by atomic mass is 9.77. The monoisotopic (exact) mass is 282 g/mol. The quantitative estimate of drug-likeness (QED) is 0.891. The Kier molecular flexibility index (Phi) is 4.38. The van der Waals surface area contributed by atoms with Gasteiger partial charge in [0.25, 0.3) is 0 Å². The smallest absolute Gasteiger partial charge is 0.222 e. The zero-order valence-corrected chi connectivity index (χ0v) is 11.7. The molecule has 0 saturated carbocycles. The SMILES string of the molecule is CC1CC(C)C(C(N)=O)C(Cc2ccc(F)cc2F)N1. The molecule has 0 aromatic heterocycles. The number of carbonyl (C=O) groups excluding carboxylic acids is 1. The molecule has 20 heavy (non-hydrogen) atoms. The first-order chi connectivity index (χ1) is 9.38. The molecule has 1 aromatic carbocycles. The fourth-order valence-electron chi connectivity index (χ4n) is 3.23. The number of benzene rings is 1. The van der Waals surface area contributed by atoms with Crippen molar-refractivity contribution in [3.05, 3.63) is 35.4 Å². The van der Waals surface area contributed by atoms with Crippen LogP contribution in [0.15, 0.2) is 18.2 Å². The molecule has 0 radical (unpaired) electrons. The van der Waals surface area contributed by atoms with E-state index < -0.39 is 11.6 Å². The molecule has 1 aliphatic heterocycles. The molecular formula is C15H20F2N2O. The minimum absolute atomic E-state index is 0.150. The van der Waals surface area contributed by atoms with Gasteiger partial charge in [0, 0.05) is 18.2 Å². The van der Waals surface area contributed by atoms with E-state index in [9.17, 15) is 13.6 Å². The van der Waals surface area contributed by atoms with Crippen LogP contribution in [0.4, 0.5) is 8.78 Å². The molecule has 3 nitrogen and oxygen atoms in total. The minimum Gasteiger partial charge on any atom is -0.369 e. The zero-order valence-electron chi connectivity index (χ0n) is 11.7. The van der Waals surface area contributed by atoms with Crippen molar-refractivity contribution in [2.45, 2.75) is 38.8 Å². The summed E-state index contributed by atoms with van der Waals surface area (Å²) in [5, 5.41) is 3.31. The number of halogens is 2. The number of carbonyl (C=O) groups is 1. The maximum Gasteiger partial charge on any atom is 0.222 e. The van der Waals surface area contributed by atoms with E-state index in [-0.39, 0.29) is 29.8 Å². The fourth-order valence-corrected chi connectivity index (χ4v) is 3.23. The molecule has 0 aliphatic carbocycles. The average Bonchev–Trinajstić information content (AvgIpc) is 2.31. The third kappa shape index (κ3) is 3.15. The molecule has 1 heterocycles. The van der Waals surface area contributed by atoms with Crippen LogP contribution in [0.25, 0.3) is 0 Å². The van der Waals surface area contributed by atoms with E-state index in [2.05, 4.69) is 5.32 Å². The summed E-state index contributed by atoms with van der Waals surface area (Å²) in [7, 11) is 0. The van der Waals surface area contributed by atoms with Crippen LogP contribution in [0.3, 0.4) is 0 Å². The minimum atomic E-state index is -0.601. The van der Waals surface area contributed by atoms with Crippen molar-refractivity contribution >= 4 is 5.91 Å². The van der Waals surface area contributed by atoms with E-state index in [4.69, 9.17) is 5.73 Å². The van der Waals surface area contributed by atoms with Crippen LogP contribution in [-0.4, -0.2) is 18.0 Å². The third-order valence-corrected chi connectivity index (χ3v) is 4.05. The molecule has 0 spiro atoms. The summed E-state index contributed by atoms with van der Waals surface area (Å²) in [5.74, 6) is -1.74. The molecule has 1 saturated heterocycles. The van der Waals surface area contributed by atoms with Gasteiger partial charge in [0.1, 0.15) is 11.6 Å². The molecule has 1 fully saturated rings. The summed E-state index contributed by atoms with van der Waals surface area (Å²) < 4.78 is 26.7. The van der Waals surface area contributed by atoms with E-state index in [1.807, 2.05) is 13.8 Å². The van der Waals surface area contributed by atoms with E-state index in [1.165, 1.54) is 12.1 Å². The van der Waals surface area contributed by atoms with Gasteiger partial charge in [-0.3, -0.25) is 4.79 Å². The van der Waals surface area contributed by atoms with Crippen LogP contribution in [-0.2, 0) is 11.2 Å². The molecule has 4 unspecified atom stereocenters. The second-order valence-electron chi connectivity index (χ2n) is 5.76. The number of primary amides is 1. The molecule has 2 rings (SSSR count). The zero-order chi connectivity index (χ0) is 14.9. The molecule has 1 amide bonds. The van der Waals surface area contributed by atoms with Crippen molar-refractivity contribution in [1.29, 1.82) is 0 Å². The number of rotatable bonds is 3. The third-order valence-electron chi connectivity index (χ3n) is 4.05. The van der Waals surface area contributed by atoms with Gasteiger partial charge in [-0.15, -0.1) is 0 Å².